The zero-order chi connectivity index (χ0) is 9.73. The van der Waals surface area contributed by atoms with E-state index >= 15 is 0 Å². The van der Waals surface area contributed by atoms with Crippen LogP contribution in [0.3, 0.4) is 0 Å². The van der Waals surface area contributed by atoms with Gasteiger partial charge in [0.1, 0.15) is 0 Å². The Bertz CT molecular complexity index is 170. The zero-order valence-electron chi connectivity index (χ0n) is 7.91. The number of hydrogen-bond acceptors (Lipinski definition) is 3. The summed E-state index contributed by atoms with van der Waals surface area (Å²) in [6.07, 6.45) is 4.61. The van der Waals surface area contributed by atoms with E-state index in [-0.39, 0.29) is 6.61 Å². The maximum atomic E-state index is 9.77. The van der Waals surface area contributed by atoms with Crippen LogP contribution < -0.4 is 0 Å². The Hall–Kier alpha value is -0.540. The second kappa shape index (κ2) is 4.63. The number of hydrogen-bond donors (Lipinski definition) is 2. The standard InChI is InChI=1S/C10H18O3/c1-2-13-8-10(7-11)6-4-3-5-9(10)12/h2,9,11-12H,1,3-8H2. The van der Waals surface area contributed by atoms with Crippen molar-refractivity contribution in [1.29, 1.82) is 0 Å². The average molecular weight is 186 g/mol. The highest BCUT2D eigenvalue weighted by atomic mass is 16.5. The summed E-state index contributed by atoms with van der Waals surface area (Å²) in [6.45, 7) is 3.81. The molecule has 1 saturated carbocycles. The first-order chi connectivity index (χ1) is 6.25. The van der Waals surface area contributed by atoms with E-state index in [0.717, 1.165) is 25.7 Å². The van der Waals surface area contributed by atoms with Crippen LogP contribution in [-0.2, 0) is 4.74 Å². The van der Waals surface area contributed by atoms with Crippen LogP contribution in [0.15, 0.2) is 12.8 Å². The molecule has 3 nitrogen and oxygen atoms in total. The molecule has 1 aliphatic carbocycles. The van der Waals surface area contributed by atoms with Crippen molar-refractivity contribution < 1.29 is 14.9 Å². The third-order valence-corrected chi connectivity index (χ3v) is 2.91. The van der Waals surface area contributed by atoms with Crippen molar-refractivity contribution in [3.63, 3.8) is 0 Å². The Morgan fingerprint density at radius 1 is 1.54 bits per heavy atom. The van der Waals surface area contributed by atoms with Crippen LogP contribution in [0.4, 0.5) is 0 Å². The molecule has 2 unspecified atom stereocenters. The Labute approximate surface area is 79.0 Å². The Balaban J connectivity index is 2.58. The molecule has 0 spiro atoms. The molecule has 0 heterocycles. The fourth-order valence-electron chi connectivity index (χ4n) is 1.91. The third kappa shape index (κ3) is 2.23. The first-order valence-corrected chi connectivity index (χ1v) is 4.76. The van der Waals surface area contributed by atoms with Gasteiger partial charge in [-0.25, -0.2) is 0 Å². The van der Waals surface area contributed by atoms with Crippen molar-refractivity contribution in [2.75, 3.05) is 13.2 Å². The monoisotopic (exact) mass is 186 g/mol. The van der Waals surface area contributed by atoms with Gasteiger partial charge in [-0.2, -0.15) is 0 Å². The molecule has 3 heteroatoms. The highest BCUT2D eigenvalue weighted by molar-refractivity contribution is 4.89. The number of rotatable bonds is 4. The van der Waals surface area contributed by atoms with Gasteiger partial charge in [-0.1, -0.05) is 19.4 Å². The van der Waals surface area contributed by atoms with Crippen molar-refractivity contribution in [2.24, 2.45) is 5.41 Å². The van der Waals surface area contributed by atoms with E-state index in [2.05, 4.69) is 6.58 Å². The summed E-state index contributed by atoms with van der Waals surface area (Å²) < 4.78 is 5.08. The molecule has 0 aliphatic heterocycles. The summed E-state index contributed by atoms with van der Waals surface area (Å²) in [5.74, 6) is 0. The molecule has 1 fully saturated rings. The van der Waals surface area contributed by atoms with Gasteiger partial charge in [0.25, 0.3) is 0 Å². The second-order valence-corrected chi connectivity index (χ2v) is 3.76. The third-order valence-electron chi connectivity index (χ3n) is 2.91. The summed E-state index contributed by atoms with van der Waals surface area (Å²) in [7, 11) is 0. The number of ether oxygens (including phenoxy) is 1. The molecule has 1 rings (SSSR count). The molecule has 0 amide bonds. The smallest absolute Gasteiger partial charge is 0.0976 e. The molecule has 13 heavy (non-hydrogen) atoms. The van der Waals surface area contributed by atoms with E-state index < -0.39 is 11.5 Å². The maximum absolute atomic E-state index is 9.77. The van der Waals surface area contributed by atoms with Gasteiger partial charge in [0.2, 0.25) is 0 Å². The van der Waals surface area contributed by atoms with Crippen LogP contribution in [-0.4, -0.2) is 29.5 Å². The number of aliphatic hydroxyl groups excluding tert-OH is 2. The summed E-state index contributed by atoms with van der Waals surface area (Å²) in [5, 5.41) is 19.0. The van der Waals surface area contributed by atoms with Crippen LogP contribution in [0.25, 0.3) is 0 Å². The van der Waals surface area contributed by atoms with Gasteiger partial charge in [-0.3, -0.25) is 0 Å². The SMILES string of the molecule is C=COCC1(CO)CCCCC1O. The lowest BCUT2D eigenvalue weighted by Gasteiger charge is -2.39. The van der Waals surface area contributed by atoms with Crippen LogP contribution in [0.5, 0.6) is 0 Å². The van der Waals surface area contributed by atoms with Gasteiger partial charge in [-0.15, -0.1) is 0 Å². The minimum absolute atomic E-state index is 0.0119. The molecule has 2 N–H and O–H groups in total. The largest absolute Gasteiger partial charge is 0.501 e. The van der Waals surface area contributed by atoms with Gasteiger partial charge in [0.05, 0.1) is 31.0 Å². The topological polar surface area (TPSA) is 49.7 Å². The van der Waals surface area contributed by atoms with E-state index in [4.69, 9.17) is 4.74 Å². The molecule has 0 bridgehead atoms. The zero-order valence-corrected chi connectivity index (χ0v) is 7.91. The van der Waals surface area contributed by atoms with E-state index in [0.29, 0.717) is 6.61 Å². The summed E-state index contributed by atoms with van der Waals surface area (Å²) >= 11 is 0. The normalized spacial score (nSPS) is 34.2. The van der Waals surface area contributed by atoms with Gasteiger partial charge in [0, 0.05) is 0 Å². The molecule has 0 saturated heterocycles. The lowest BCUT2D eigenvalue weighted by Crippen LogP contribution is -2.44. The number of aliphatic hydroxyl groups is 2. The lowest BCUT2D eigenvalue weighted by atomic mass is 9.73. The molecule has 0 aromatic heterocycles. The van der Waals surface area contributed by atoms with E-state index in [1.54, 1.807) is 0 Å². The molecular weight excluding hydrogens is 168 g/mol. The molecule has 76 valence electrons. The minimum atomic E-state index is -0.452. The average Bonchev–Trinajstić information content (AvgIpc) is 2.17. The van der Waals surface area contributed by atoms with Gasteiger partial charge >= 0.3 is 0 Å². The predicted molar refractivity (Wildman–Crippen MR) is 50.1 cm³/mol. The molecular formula is C10H18O3. The van der Waals surface area contributed by atoms with Crippen LogP contribution in [0.2, 0.25) is 0 Å². The minimum Gasteiger partial charge on any atom is -0.501 e. The van der Waals surface area contributed by atoms with E-state index in [1.165, 1.54) is 6.26 Å². The Morgan fingerprint density at radius 3 is 2.85 bits per heavy atom. The molecule has 0 radical (unpaired) electrons. The Morgan fingerprint density at radius 2 is 2.31 bits per heavy atom. The maximum Gasteiger partial charge on any atom is 0.0976 e. The van der Waals surface area contributed by atoms with Crippen molar-refractivity contribution in [1.82, 2.24) is 0 Å². The highest BCUT2D eigenvalue weighted by Gasteiger charge is 2.39. The Kier molecular flexibility index (Phi) is 3.75. The van der Waals surface area contributed by atoms with Crippen LogP contribution in [0, 0.1) is 5.41 Å². The van der Waals surface area contributed by atoms with Crippen molar-refractivity contribution in [2.45, 2.75) is 31.8 Å². The van der Waals surface area contributed by atoms with Crippen molar-refractivity contribution in [3.05, 3.63) is 12.8 Å². The first-order valence-electron chi connectivity index (χ1n) is 4.76. The molecule has 2 atom stereocenters. The first kappa shape index (κ1) is 10.5. The van der Waals surface area contributed by atoms with Crippen molar-refractivity contribution >= 4 is 0 Å². The van der Waals surface area contributed by atoms with Crippen molar-refractivity contribution in [3.8, 4) is 0 Å². The van der Waals surface area contributed by atoms with E-state index in [1.807, 2.05) is 0 Å². The predicted octanol–water partition coefficient (Wildman–Crippen LogP) is 1.06. The van der Waals surface area contributed by atoms with Gasteiger partial charge in [0.15, 0.2) is 0 Å². The van der Waals surface area contributed by atoms with E-state index in [9.17, 15) is 10.2 Å². The van der Waals surface area contributed by atoms with Crippen LogP contribution >= 0.6 is 0 Å². The highest BCUT2D eigenvalue weighted by Crippen LogP contribution is 2.36. The molecule has 0 aromatic rings. The summed E-state index contributed by atoms with van der Waals surface area (Å²) in [4.78, 5) is 0. The van der Waals surface area contributed by atoms with Gasteiger partial charge < -0.3 is 14.9 Å². The lowest BCUT2D eigenvalue weighted by molar-refractivity contribution is -0.0804. The van der Waals surface area contributed by atoms with Crippen LogP contribution in [0.1, 0.15) is 25.7 Å². The fraction of sp³-hybridized carbons (Fsp3) is 0.800. The van der Waals surface area contributed by atoms with Gasteiger partial charge in [-0.05, 0) is 12.8 Å². The quantitative estimate of drug-likeness (QED) is 0.645. The summed E-state index contributed by atoms with van der Waals surface area (Å²) in [5.41, 5.74) is -0.452. The molecule has 1 aliphatic rings. The fourth-order valence-corrected chi connectivity index (χ4v) is 1.91. The second-order valence-electron chi connectivity index (χ2n) is 3.76. The summed E-state index contributed by atoms with van der Waals surface area (Å²) in [6, 6.07) is 0. The molecule has 0 aromatic carbocycles.